The Bertz CT molecular complexity index is 618. The number of piperazine rings is 1. The number of hydrogen-bond donors (Lipinski definition) is 1. The van der Waals surface area contributed by atoms with E-state index >= 15 is 0 Å². The van der Waals surface area contributed by atoms with E-state index in [0.717, 1.165) is 64.1 Å². The third kappa shape index (κ3) is 4.76. The summed E-state index contributed by atoms with van der Waals surface area (Å²) in [4.78, 5) is 20.2. The van der Waals surface area contributed by atoms with Crippen LogP contribution in [0.5, 0.6) is 0 Å². The minimum absolute atomic E-state index is 0. The minimum Gasteiger partial charge on any atom is -0.369 e. The quantitative estimate of drug-likeness (QED) is 0.802. The number of nitrogens with one attached hydrogen (secondary N) is 1. The standard InChI is InChI=1S/C21H32N4O.2ClH/c1-16(2)23-11-13-24(14-12-23)18-5-3-17(4-6-18)21(26)25-19-7-8-20(25)15-22-10-9-19;;/h3-6,16,19-20,22H,7-15H2,1-2H3;2*1H. The number of halogens is 2. The number of rotatable bonds is 3. The van der Waals surface area contributed by atoms with Crippen LogP contribution in [-0.4, -0.2) is 73.1 Å². The van der Waals surface area contributed by atoms with E-state index in [1.807, 2.05) is 12.1 Å². The van der Waals surface area contributed by atoms with Gasteiger partial charge in [0.1, 0.15) is 0 Å². The van der Waals surface area contributed by atoms with Crippen LogP contribution in [0.15, 0.2) is 24.3 Å². The smallest absolute Gasteiger partial charge is 0.254 e. The fourth-order valence-electron chi connectivity index (χ4n) is 4.77. The molecule has 2 atom stereocenters. The summed E-state index contributed by atoms with van der Waals surface area (Å²) < 4.78 is 0. The Balaban J connectivity index is 0.00000140. The summed E-state index contributed by atoms with van der Waals surface area (Å²) in [7, 11) is 0. The first kappa shape index (κ1) is 23.3. The molecule has 1 aromatic carbocycles. The monoisotopic (exact) mass is 428 g/mol. The number of hydrogen-bond acceptors (Lipinski definition) is 4. The van der Waals surface area contributed by atoms with Crippen molar-refractivity contribution in [1.82, 2.24) is 15.1 Å². The summed E-state index contributed by atoms with van der Waals surface area (Å²) in [6.07, 6.45) is 3.39. The van der Waals surface area contributed by atoms with Crippen molar-refractivity contribution < 1.29 is 4.79 Å². The second-order valence-corrected chi connectivity index (χ2v) is 8.25. The SMILES string of the molecule is CC(C)N1CCN(c2ccc(C(=O)N3C4CCNCC3CC4)cc2)CC1.Cl.Cl. The second kappa shape index (κ2) is 10.1. The molecule has 28 heavy (non-hydrogen) atoms. The van der Waals surface area contributed by atoms with Crippen molar-refractivity contribution >= 4 is 36.4 Å². The first-order valence-electron chi connectivity index (χ1n) is 10.3. The maximum Gasteiger partial charge on any atom is 0.254 e. The minimum atomic E-state index is 0. The van der Waals surface area contributed by atoms with Crippen LogP contribution in [-0.2, 0) is 0 Å². The summed E-state index contributed by atoms with van der Waals surface area (Å²) in [5, 5.41) is 3.47. The predicted octanol–water partition coefficient (Wildman–Crippen LogP) is 3.03. The Morgan fingerprint density at radius 3 is 2.25 bits per heavy atom. The molecule has 3 fully saturated rings. The Morgan fingerprint density at radius 2 is 1.61 bits per heavy atom. The van der Waals surface area contributed by atoms with Crippen LogP contribution < -0.4 is 10.2 Å². The number of carbonyl (C=O) groups excluding carboxylic acids is 1. The molecule has 3 heterocycles. The average Bonchev–Trinajstić information content (AvgIpc) is 2.94. The average molecular weight is 429 g/mol. The highest BCUT2D eigenvalue weighted by Gasteiger charge is 2.38. The maximum absolute atomic E-state index is 13.1. The van der Waals surface area contributed by atoms with Gasteiger partial charge in [0.15, 0.2) is 0 Å². The van der Waals surface area contributed by atoms with Gasteiger partial charge in [-0.05, 0) is 63.9 Å². The van der Waals surface area contributed by atoms with E-state index in [9.17, 15) is 4.79 Å². The first-order valence-corrected chi connectivity index (χ1v) is 10.3. The number of carbonyl (C=O) groups is 1. The molecular weight excluding hydrogens is 395 g/mol. The van der Waals surface area contributed by atoms with Crippen LogP contribution in [0.2, 0.25) is 0 Å². The van der Waals surface area contributed by atoms with E-state index < -0.39 is 0 Å². The van der Waals surface area contributed by atoms with Crippen LogP contribution in [0.4, 0.5) is 5.69 Å². The Hall–Kier alpha value is -1.01. The molecule has 2 unspecified atom stereocenters. The Kier molecular flexibility index (Phi) is 8.44. The largest absolute Gasteiger partial charge is 0.369 e. The van der Waals surface area contributed by atoms with E-state index in [2.05, 4.69) is 46.0 Å². The van der Waals surface area contributed by atoms with Crippen LogP contribution in [0.3, 0.4) is 0 Å². The Morgan fingerprint density at radius 1 is 0.964 bits per heavy atom. The molecule has 7 heteroatoms. The summed E-state index contributed by atoms with van der Waals surface area (Å²) in [5.41, 5.74) is 2.08. The van der Waals surface area contributed by atoms with E-state index in [-0.39, 0.29) is 30.7 Å². The summed E-state index contributed by atoms with van der Waals surface area (Å²) in [6, 6.07) is 9.75. The summed E-state index contributed by atoms with van der Waals surface area (Å²) >= 11 is 0. The molecular formula is C21H34Cl2N4O. The highest BCUT2D eigenvalue weighted by atomic mass is 35.5. The van der Waals surface area contributed by atoms with Crippen LogP contribution in [0.1, 0.15) is 43.5 Å². The fourth-order valence-corrected chi connectivity index (χ4v) is 4.77. The van der Waals surface area contributed by atoms with Crippen LogP contribution in [0.25, 0.3) is 0 Å². The van der Waals surface area contributed by atoms with E-state index in [1.165, 1.54) is 5.69 Å². The van der Waals surface area contributed by atoms with E-state index in [0.29, 0.717) is 18.1 Å². The lowest BCUT2D eigenvalue weighted by molar-refractivity contribution is 0.0680. The lowest BCUT2D eigenvalue weighted by atomic mass is 10.1. The molecule has 0 aliphatic carbocycles. The zero-order valence-corrected chi connectivity index (χ0v) is 18.6. The van der Waals surface area contributed by atoms with Gasteiger partial charge in [0.05, 0.1) is 0 Å². The highest BCUT2D eigenvalue weighted by molar-refractivity contribution is 5.95. The molecule has 1 N–H and O–H groups in total. The topological polar surface area (TPSA) is 38.8 Å². The number of anilines is 1. The lowest BCUT2D eigenvalue weighted by Gasteiger charge is -2.38. The maximum atomic E-state index is 13.1. The molecule has 0 aromatic heterocycles. The molecule has 1 aromatic rings. The van der Waals surface area contributed by atoms with Crippen LogP contribution in [0, 0.1) is 0 Å². The molecule has 1 amide bonds. The molecule has 158 valence electrons. The first-order chi connectivity index (χ1) is 12.6. The third-order valence-corrected chi connectivity index (χ3v) is 6.41. The van der Waals surface area contributed by atoms with Gasteiger partial charge in [0, 0.05) is 62.1 Å². The number of nitrogens with zero attached hydrogens (tertiary/aromatic N) is 3. The van der Waals surface area contributed by atoms with E-state index in [1.54, 1.807) is 0 Å². The van der Waals surface area contributed by atoms with Crippen molar-refractivity contribution in [2.24, 2.45) is 0 Å². The Labute approximate surface area is 181 Å². The van der Waals surface area contributed by atoms with Gasteiger partial charge >= 0.3 is 0 Å². The molecule has 0 spiro atoms. The molecule has 3 saturated heterocycles. The van der Waals surface area contributed by atoms with E-state index in [4.69, 9.17) is 0 Å². The molecule has 3 aliphatic rings. The van der Waals surface area contributed by atoms with Gasteiger partial charge in [-0.15, -0.1) is 24.8 Å². The molecule has 0 saturated carbocycles. The zero-order valence-electron chi connectivity index (χ0n) is 17.0. The highest BCUT2D eigenvalue weighted by Crippen LogP contribution is 2.30. The van der Waals surface area contributed by atoms with Crippen molar-refractivity contribution in [2.75, 3.05) is 44.2 Å². The predicted molar refractivity (Wildman–Crippen MR) is 120 cm³/mol. The van der Waals surface area contributed by atoms with Crippen molar-refractivity contribution in [3.63, 3.8) is 0 Å². The normalized spacial score (nSPS) is 25.1. The van der Waals surface area contributed by atoms with Gasteiger partial charge in [0.2, 0.25) is 0 Å². The number of amides is 1. The fraction of sp³-hybridized carbons (Fsp3) is 0.667. The van der Waals surface area contributed by atoms with Crippen LogP contribution >= 0.6 is 24.8 Å². The zero-order chi connectivity index (χ0) is 18.1. The van der Waals surface area contributed by atoms with Crippen molar-refractivity contribution in [3.05, 3.63) is 29.8 Å². The molecule has 2 bridgehead atoms. The number of fused-ring (bicyclic) bond motifs is 2. The summed E-state index contributed by atoms with van der Waals surface area (Å²) in [6.45, 7) is 10.9. The van der Waals surface area contributed by atoms with Crippen molar-refractivity contribution in [3.8, 4) is 0 Å². The van der Waals surface area contributed by atoms with Gasteiger partial charge in [-0.1, -0.05) is 0 Å². The van der Waals surface area contributed by atoms with Crippen molar-refractivity contribution in [2.45, 2.75) is 51.2 Å². The van der Waals surface area contributed by atoms with Crippen molar-refractivity contribution in [1.29, 1.82) is 0 Å². The number of benzene rings is 1. The van der Waals surface area contributed by atoms with Gasteiger partial charge < -0.3 is 15.1 Å². The van der Waals surface area contributed by atoms with Gasteiger partial charge in [-0.25, -0.2) is 0 Å². The molecule has 0 radical (unpaired) electrons. The van der Waals surface area contributed by atoms with Gasteiger partial charge in [-0.2, -0.15) is 0 Å². The second-order valence-electron chi connectivity index (χ2n) is 8.25. The summed E-state index contributed by atoms with van der Waals surface area (Å²) in [5.74, 6) is 0.220. The van der Waals surface area contributed by atoms with Gasteiger partial charge in [0.25, 0.3) is 5.91 Å². The molecule has 3 aliphatic heterocycles. The third-order valence-electron chi connectivity index (χ3n) is 6.41. The van der Waals surface area contributed by atoms with Gasteiger partial charge in [-0.3, -0.25) is 9.69 Å². The molecule has 5 nitrogen and oxygen atoms in total. The molecule has 4 rings (SSSR count). The lowest BCUT2D eigenvalue weighted by Crippen LogP contribution is -2.48.